The second kappa shape index (κ2) is 8.70. The summed E-state index contributed by atoms with van der Waals surface area (Å²) in [6.07, 6.45) is 4.85. The molecule has 1 unspecified atom stereocenters. The van der Waals surface area contributed by atoms with Gasteiger partial charge in [0.15, 0.2) is 0 Å². The Labute approximate surface area is 144 Å². The van der Waals surface area contributed by atoms with Crippen LogP contribution in [0.1, 0.15) is 41.9 Å². The van der Waals surface area contributed by atoms with Crippen molar-refractivity contribution in [3.8, 4) is 0 Å². The minimum absolute atomic E-state index is 0. The quantitative estimate of drug-likeness (QED) is 0.896. The predicted molar refractivity (Wildman–Crippen MR) is 93.1 cm³/mol. The summed E-state index contributed by atoms with van der Waals surface area (Å²) >= 11 is 0. The van der Waals surface area contributed by atoms with Gasteiger partial charge in [-0.2, -0.15) is 0 Å². The van der Waals surface area contributed by atoms with Crippen LogP contribution in [0.2, 0.25) is 0 Å². The summed E-state index contributed by atoms with van der Waals surface area (Å²) in [4.78, 5) is 18.7. The number of carbonyl (C=O) groups excluding carboxylic acids is 1. The largest absolute Gasteiger partial charge is 0.337 e. The van der Waals surface area contributed by atoms with Crippen molar-refractivity contribution in [1.82, 2.24) is 15.2 Å². The molecule has 2 fully saturated rings. The maximum Gasteiger partial charge on any atom is 0.272 e. The van der Waals surface area contributed by atoms with Crippen LogP contribution in [-0.4, -0.2) is 41.5 Å². The highest BCUT2D eigenvalue weighted by molar-refractivity contribution is 5.92. The number of nitrogens with zero attached hydrogens (tertiary/aromatic N) is 2. The summed E-state index contributed by atoms with van der Waals surface area (Å²) in [7, 11) is 0. The van der Waals surface area contributed by atoms with Crippen LogP contribution in [-0.2, 0) is 0 Å². The average Bonchev–Trinajstić information content (AvgIpc) is 3.01. The number of aromatic nitrogens is 1. The van der Waals surface area contributed by atoms with Gasteiger partial charge in [-0.15, -0.1) is 24.8 Å². The summed E-state index contributed by atoms with van der Waals surface area (Å²) in [5, 5.41) is 3.59. The Kier molecular flexibility index (Phi) is 7.60. The molecule has 4 nitrogen and oxygen atoms in total. The van der Waals surface area contributed by atoms with Gasteiger partial charge >= 0.3 is 0 Å². The maximum atomic E-state index is 12.4. The minimum atomic E-state index is 0. The molecule has 1 aromatic heterocycles. The van der Waals surface area contributed by atoms with Crippen molar-refractivity contribution in [3.05, 3.63) is 29.6 Å². The van der Waals surface area contributed by atoms with Crippen LogP contribution in [0.25, 0.3) is 0 Å². The molecule has 0 radical (unpaired) electrons. The first-order valence-corrected chi connectivity index (χ1v) is 7.70. The Morgan fingerprint density at radius 2 is 1.95 bits per heavy atom. The Morgan fingerprint density at radius 1 is 1.23 bits per heavy atom. The molecular formula is C16H25Cl2N3O. The molecule has 3 rings (SSSR count). The molecule has 2 aliphatic heterocycles. The van der Waals surface area contributed by atoms with Gasteiger partial charge in [0.2, 0.25) is 0 Å². The SMILES string of the molecule is Cc1cccc(C(=O)N2CCC(C3CCCN3)CC2)n1.Cl.Cl. The Hall–Kier alpha value is -0.840. The number of amides is 1. The van der Waals surface area contributed by atoms with Gasteiger partial charge in [-0.3, -0.25) is 4.79 Å². The molecule has 6 heteroatoms. The molecule has 0 spiro atoms. The summed E-state index contributed by atoms with van der Waals surface area (Å²) < 4.78 is 0. The molecule has 1 atom stereocenters. The van der Waals surface area contributed by atoms with E-state index in [0.29, 0.717) is 11.7 Å². The number of likely N-dealkylation sites (tertiary alicyclic amines) is 1. The van der Waals surface area contributed by atoms with Gasteiger partial charge in [0, 0.05) is 24.8 Å². The van der Waals surface area contributed by atoms with E-state index in [1.54, 1.807) is 0 Å². The van der Waals surface area contributed by atoms with E-state index in [1.807, 2.05) is 30.0 Å². The van der Waals surface area contributed by atoms with Crippen LogP contribution < -0.4 is 5.32 Å². The van der Waals surface area contributed by atoms with Crippen molar-refractivity contribution < 1.29 is 4.79 Å². The lowest BCUT2D eigenvalue weighted by Crippen LogP contribution is -2.43. The number of halogens is 2. The molecule has 1 aromatic rings. The Morgan fingerprint density at radius 3 is 2.55 bits per heavy atom. The van der Waals surface area contributed by atoms with Gasteiger partial charge < -0.3 is 10.2 Å². The first-order chi connectivity index (χ1) is 9.74. The number of carbonyl (C=O) groups is 1. The molecule has 0 aliphatic carbocycles. The van der Waals surface area contributed by atoms with Gasteiger partial charge in [-0.25, -0.2) is 4.98 Å². The summed E-state index contributed by atoms with van der Waals surface area (Å²) in [6, 6.07) is 6.34. The van der Waals surface area contributed by atoms with Crippen molar-refractivity contribution in [2.45, 2.75) is 38.6 Å². The van der Waals surface area contributed by atoms with Crippen molar-refractivity contribution in [1.29, 1.82) is 0 Å². The topological polar surface area (TPSA) is 45.2 Å². The van der Waals surface area contributed by atoms with E-state index < -0.39 is 0 Å². The van der Waals surface area contributed by atoms with Crippen molar-refractivity contribution in [2.75, 3.05) is 19.6 Å². The molecule has 22 heavy (non-hydrogen) atoms. The highest BCUT2D eigenvalue weighted by Gasteiger charge is 2.30. The predicted octanol–water partition coefficient (Wildman–Crippen LogP) is 2.84. The maximum absolute atomic E-state index is 12.4. The number of nitrogens with one attached hydrogen (secondary N) is 1. The summed E-state index contributed by atoms with van der Waals surface area (Å²) in [5.74, 6) is 0.832. The zero-order valence-corrected chi connectivity index (χ0v) is 14.6. The normalized spacial score (nSPS) is 21.9. The average molecular weight is 346 g/mol. The summed E-state index contributed by atoms with van der Waals surface area (Å²) in [5.41, 5.74) is 1.49. The number of aryl methyl sites for hydroxylation is 1. The van der Waals surface area contributed by atoms with Crippen molar-refractivity contribution >= 4 is 30.7 Å². The van der Waals surface area contributed by atoms with Crippen molar-refractivity contribution in [2.24, 2.45) is 5.92 Å². The molecule has 1 amide bonds. The smallest absolute Gasteiger partial charge is 0.272 e. The second-order valence-corrected chi connectivity index (χ2v) is 6.00. The molecule has 1 N–H and O–H groups in total. The molecule has 0 bridgehead atoms. The zero-order valence-electron chi connectivity index (χ0n) is 13.0. The number of rotatable bonds is 2. The number of hydrogen-bond donors (Lipinski definition) is 1. The van der Waals surface area contributed by atoms with Crippen LogP contribution in [0, 0.1) is 12.8 Å². The van der Waals surface area contributed by atoms with Gasteiger partial charge in [0.1, 0.15) is 5.69 Å². The molecule has 2 saturated heterocycles. The van der Waals surface area contributed by atoms with Gasteiger partial charge in [0.25, 0.3) is 5.91 Å². The van der Waals surface area contributed by atoms with Crippen LogP contribution >= 0.6 is 24.8 Å². The third-order valence-corrected chi connectivity index (χ3v) is 4.60. The van der Waals surface area contributed by atoms with Crippen LogP contribution in [0.4, 0.5) is 0 Å². The first kappa shape index (κ1) is 19.2. The van der Waals surface area contributed by atoms with E-state index in [1.165, 1.54) is 12.8 Å². The first-order valence-electron chi connectivity index (χ1n) is 7.70. The highest BCUT2D eigenvalue weighted by atomic mass is 35.5. The fourth-order valence-electron chi connectivity index (χ4n) is 3.44. The monoisotopic (exact) mass is 345 g/mol. The van der Waals surface area contributed by atoms with Crippen LogP contribution in [0.5, 0.6) is 0 Å². The lowest BCUT2D eigenvalue weighted by molar-refractivity contribution is 0.0668. The molecule has 2 aliphatic rings. The minimum Gasteiger partial charge on any atom is -0.337 e. The molecule has 3 heterocycles. The third kappa shape index (κ3) is 4.34. The zero-order chi connectivity index (χ0) is 13.9. The lowest BCUT2D eigenvalue weighted by Gasteiger charge is -2.34. The van der Waals surface area contributed by atoms with Gasteiger partial charge in [-0.1, -0.05) is 6.07 Å². The Bertz CT molecular complexity index is 484. The van der Waals surface area contributed by atoms with E-state index in [4.69, 9.17) is 0 Å². The van der Waals surface area contributed by atoms with E-state index in [0.717, 1.165) is 44.1 Å². The fraction of sp³-hybridized carbons (Fsp3) is 0.625. The number of hydrogen-bond acceptors (Lipinski definition) is 3. The van der Waals surface area contributed by atoms with Gasteiger partial charge in [0.05, 0.1) is 0 Å². The van der Waals surface area contributed by atoms with Crippen molar-refractivity contribution in [3.63, 3.8) is 0 Å². The van der Waals surface area contributed by atoms with E-state index >= 15 is 0 Å². The second-order valence-electron chi connectivity index (χ2n) is 6.00. The Balaban J connectivity index is 0.00000121. The highest BCUT2D eigenvalue weighted by Crippen LogP contribution is 2.26. The third-order valence-electron chi connectivity index (χ3n) is 4.60. The standard InChI is InChI=1S/C16H23N3O.2ClH/c1-12-4-2-5-15(18-12)16(20)19-10-7-13(8-11-19)14-6-3-9-17-14;;/h2,4-5,13-14,17H,3,6-11H2,1H3;2*1H. The number of piperidine rings is 1. The van der Waals surface area contributed by atoms with Gasteiger partial charge in [-0.05, 0) is 57.2 Å². The van der Waals surface area contributed by atoms with E-state index in [2.05, 4.69) is 10.3 Å². The molecule has 0 aromatic carbocycles. The van der Waals surface area contributed by atoms with Crippen LogP contribution in [0.3, 0.4) is 0 Å². The van der Waals surface area contributed by atoms with E-state index in [-0.39, 0.29) is 30.7 Å². The molecule has 0 saturated carbocycles. The molecule has 124 valence electrons. The summed E-state index contributed by atoms with van der Waals surface area (Å²) in [6.45, 7) is 4.83. The number of pyridine rings is 1. The lowest BCUT2D eigenvalue weighted by atomic mass is 9.88. The van der Waals surface area contributed by atoms with E-state index in [9.17, 15) is 4.79 Å². The molecular weight excluding hydrogens is 321 g/mol. The fourth-order valence-corrected chi connectivity index (χ4v) is 3.44. The van der Waals surface area contributed by atoms with Crippen LogP contribution in [0.15, 0.2) is 18.2 Å².